The molecule has 0 saturated carbocycles. The average Bonchev–Trinajstić information content (AvgIpc) is 2.29. The van der Waals surface area contributed by atoms with E-state index in [-0.39, 0.29) is 5.91 Å². The predicted octanol–water partition coefficient (Wildman–Crippen LogP) is 1.12. The summed E-state index contributed by atoms with van der Waals surface area (Å²) in [5.74, 6) is -0.155. The van der Waals surface area contributed by atoms with Crippen molar-refractivity contribution in [1.82, 2.24) is 0 Å². The Balaban J connectivity index is 2.61. The largest absolute Gasteiger partial charge is 0.372 e. The number of hydrogen-bond donors (Lipinski definition) is 2. The van der Waals surface area contributed by atoms with Crippen LogP contribution in [0.1, 0.15) is 12.5 Å². The smallest absolute Gasteiger partial charge is 0.253 e. The van der Waals surface area contributed by atoms with Crippen LogP contribution in [0.5, 0.6) is 0 Å². The van der Waals surface area contributed by atoms with Crippen molar-refractivity contribution >= 4 is 11.6 Å². The van der Waals surface area contributed by atoms with Gasteiger partial charge in [0.25, 0.3) is 5.91 Å². The highest BCUT2D eigenvalue weighted by Crippen LogP contribution is 2.09. The van der Waals surface area contributed by atoms with Crippen LogP contribution in [0.25, 0.3) is 0 Å². The molecule has 15 heavy (non-hydrogen) atoms. The molecule has 0 aliphatic heterocycles. The molecule has 0 radical (unpaired) electrons. The van der Waals surface area contributed by atoms with Crippen molar-refractivity contribution in [2.24, 2.45) is 5.73 Å². The molecule has 1 amide bonds. The molecule has 1 aromatic carbocycles. The number of amides is 1. The molecular formula is C11H16N2O2. The predicted molar refractivity (Wildman–Crippen MR) is 59.4 cm³/mol. The maximum atomic E-state index is 11.4. The van der Waals surface area contributed by atoms with Crippen LogP contribution in [0.3, 0.4) is 0 Å². The zero-order chi connectivity index (χ0) is 11.3. The third kappa shape index (κ3) is 3.34. The molecule has 0 bridgehead atoms. The number of rotatable bonds is 4. The number of nitrogens with two attached hydrogens (primary N) is 1. The van der Waals surface area contributed by atoms with Crippen LogP contribution in [-0.4, -0.2) is 19.1 Å². The fourth-order valence-corrected chi connectivity index (χ4v) is 1.08. The summed E-state index contributed by atoms with van der Waals surface area (Å²) in [6.45, 7) is 2.20. The van der Waals surface area contributed by atoms with E-state index in [1.54, 1.807) is 6.92 Å². The second-order valence-corrected chi connectivity index (χ2v) is 3.27. The summed E-state index contributed by atoms with van der Waals surface area (Å²) in [5, 5.41) is 2.74. The van der Waals surface area contributed by atoms with Gasteiger partial charge in [0.15, 0.2) is 0 Å². The summed E-state index contributed by atoms with van der Waals surface area (Å²) in [7, 11) is 1.50. The van der Waals surface area contributed by atoms with Crippen LogP contribution in [0.15, 0.2) is 24.3 Å². The van der Waals surface area contributed by atoms with Gasteiger partial charge in [-0.25, -0.2) is 0 Å². The van der Waals surface area contributed by atoms with Gasteiger partial charge in [-0.15, -0.1) is 0 Å². The minimum Gasteiger partial charge on any atom is -0.372 e. The third-order valence-corrected chi connectivity index (χ3v) is 2.18. The number of methoxy groups -OCH3 is 1. The first-order valence-electron chi connectivity index (χ1n) is 4.80. The summed E-state index contributed by atoms with van der Waals surface area (Å²) >= 11 is 0. The first kappa shape index (κ1) is 11.7. The number of carbonyl (C=O) groups excluding carboxylic acids is 1. The monoisotopic (exact) mass is 208 g/mol. The second kappa shape index (κ2) is 5.48. The lowest BCUT2D eigenvalue weighted by Gasteiger charge is -2.10. The van der Waals surface area contributed by atoms with Gasteiger partial charge in [-0.3, -0.25) is 4.79 Å². The maximum absolute atomic E-state index is 11.4. The van der Waals surface area contributed by atoms with Gasteiger partial charge in [0.05, 0.1) is 0 Å². The summed E-state index contributed by atoms with van der Waals surface area (Å²) in [6.07, 6.45) is -0.445. The topological polar surface area (TPSA) is 64.3 Å². The zero-order valence-corrected chi connectivity index (χ0v) is 8.99. The minimum absolute atomic E-state index is 0.155. The second-order valence-electron chi connectivity index (χ2n) is 3.27. The van der Waals surface area contributed by atoms with Gasteiger partial charge < -0.3 is 15.8 Å². The molecule has 1 rings (SSSR count). The molecule has 0 aromatic heterocycles. The maximum Gasteiger partial charge on any atom is 0.253 e. The summed E-state index contributed by atoms with van der Waals surface area (Å²) < 4.78 is 4.90. The molecule has 1 atom stereocenters. The molecule has 1 unspecified atom stereocenters. The van der Waals surface area contributed by atoms with Gasteiger partial charge in [-0.05, 0) is 24.6 Å². The van der Waals surface area contributed by atoms with E-state index < -0.39 is 6.10 Å². The quantitative estimate of drug-likeness (QED) is 0.779. The van der Waals surface area contributed by atoms with E-state index in [1.165, 1.54) is 7.11 Å². The van der Waals surface area contributed by atoms with E-state index in [2.05, 4.69) is 5.32 Å². The first-order valence-corrected chi connectivity index (χ1v) is 4.80. The standard InChI is InChI=1S/C11H16N2O2/c1-8(15-2)11(14)13-10-5-3-9(7-12)4-6-10/h3-6,8H,7,12H2,1-2H3,(H,13,14). The molecule has 0 spiro atoms. The van der Waals surface area contributed by atoms with Crippen LogP contribution >= 0.6 is 0 Å². The normalized spacial score (nSPS) is 12.2. The lowest BCUT2D eigenvalue weighted by Crippen LogP contribution is -2.26. The average molecular weight is 208 g/mol. The van der Waals surface area contributed by atoms with E-state index in [0.29, 0.717) is 6.54 Å². The molecule has 0 heterocycles. The van der Waals surface area contributed by atoms with E-state index in [4.69, 9.17) is 10.5 Å². The molecular weight excluding hydrogens is 192 g/mol. The van der Waals surface area contributed by atoms with Crippen LogP contribution < -0.4 is 11.1 Å². The number of nitrogens with one attached hydrogen (secondary N) is 1. The molecule has 0 fully saturated rings. The Kier molecular flexibility index (Phi) is 4.27. The molecule has 1 aromatic rings. The lowest BCUT2D eigenvalue weighted by molar-refractivity contribution is -0.124. The van der Waals surface area contributed by atoms with Gasteiger partial charge in [-0.2, -0.15) is 0 Å². The van der Waals surface area contributed by atoms with Crippen molar-refractivity contribution < 1.29 is 9.53 Å². The van der Waals surface area contributed by atoms with Crippen LogP contribution in [0, 0.1) is 0 Å². The van der Waals surface area contributed by atoms with Gasteiger partial charge in [-0.1, -0.05) is 12.1 Å². The molecule has 0 aliphatic carbocycles. The lowest BCUT2D eigenvalue weighted by atomic mass is 10.2. The highest BCUT2D eigenvalue weighted by atomic mass is 16.5. The first-order chi connectivity index (χ1) is 7.17. The van der Waals surface area contributed by atoms with Gasteiger partial charge >= 0.3 is 0 Å². The fraction of sp³-hybridized carbons (Fsp3) is 0.364. The van der Waals surface area contributed by atoms with Crippen LogP contribution in [0.2, 0.25) is 0 Å². The Bertz CT molecular complexity index is 322. The van der Waals surface area contributed by atoms with E-state index in [1.807, 2.05) is 24.3 Å². The number of carbonyl (C=O) groups is 1. The van der Waals surface area contributed by atoms with Crippen molar-refractivity contribution in [1.29, 1.82) is 0 Å². The summed E-state index contributed by atoms with van der Waals surface area (Å²) in [6, 6.07) is 7.41. The van der Waals surface area contributed by atoms with E-state index >= 15 is 0 Å². The van der Waals surface area contributed by atoms with Crippen LogP contribution in [0.4, 0.5) is 5.69 Å². The summed E-state index contributed by atoms with van der Waals surface area (Å²) in [5.41, 5.74) is 7.25. The Labute approximate surface area is 89.4 Å². The fourth-order valence-electron chi connectivity index (χ4n) is 1.08. The van der Waals surface area contributed by atoms with Crippen molar-refractivity contribution in [3.63, 3.8) is 0 Å². The van der Waals surface area contributed by atoms with Gasteiger partial charge in [0.1, 0.15) is 6.10 Å². The molecule has 82 valence electrons. The Morgan fingerprint density at radius 2 is 2.07 bits per heavy atom. The van der Waals surface area contributed by atoms with Crippen LogP contribution in [-0.2, 0) is 16.1 Å². The highest BCUT2D eigenvalue weighted by molar-refractivity contribution is 5.93. The Morgan fingerprint density at radius 3 is 2.53 bits per heavy atom. The Hall–Kier alpha value is -1.39. The zero-order valence-electron chi connectivity index (χ0n) is 8.99. The van der Waals surface area contributed by atoms with Gasteiger partial charge in [0, 0.05) is 19.3 Å². The molecule has 4 nitrogen and oxygen atoms in total. The molecule has 0 saturated heterocycles. The third-order valence-electron chi connectivity index (χ3n) is 2.18. The van der Waals surface area contributed by atoms with Crippen molar-refractivity contribution in [3.05, 3.63) is 29.8 Å². The molecule has 0 aliphatic rings. The van der Waals surface area contributed by atoms with Crippen molar-refractivity contribution in [3.8, 4) is 0 Å². The van der Waals surface area contributed by atoms with Crippen molar-refractivity contribution in [2.45, 2.75) is 19.6 Å². The van der Waals surface area contributed by atoms with E-state index in [9.17, 15) is 4.79 Å². The Morgan fingerprint density at radius 1 is 1.47 bits per heavy atom. The number of ether oxygens (including phenoxy) is 1. The van der Waals surface area contributed by atoms with E-state index in [0.717, 1.165) is 11.3 Å². The summed E-state index contributed by atoms with van der Waals surface area (Å²) in [4.78, 5) is 11.4. The minimum atomic E-state index is -0.445. The molecule has 3 N–H and O–H groups in total. The van der Waals surface area contributed by atoms with Gasteiger partial charge in [0.2, 0.25) is 0 Å². The van der Waals surface area contributed by atoms with Crippen molar-refractivity contribution in [2.75, 3.05) is 12.4 Å². The molecule has 4 heteroatoms. The SMILES string of the molecule is COC(C)C(=O)Nc1ccc(CN)cc1. The number of benzene rings is 1. The highest BCUT2D eigenvalue weighted by Gasteiger charge is 2.10. The number of anilines is 1. The number of hydrogen-bond acceptors (Lipinski definition) is 3.